The second-order valence-electron chi connectivity index (χ2n) is 3.66. The van der Waals surface area contributed by atoms with Gasteiger partial charge in [0.05, 0.1) is 20.8 Å². The largest absolute Gasteiger partial charge is 0.270 e. The summed E-state index contributed by atoms with van der Waals surface area (Å²) in [5.41, 5.74) is 2.20. The van der Waals surface area contributed by atoms with E-state index in [2.05, 4.69) is 15.0 Å². The maximum atomic E-state index is 10.7. The van der Waals surface area contributed by atoms with Crippen LogP contribution in [0.5, 0.6) is 0 Å². The first-order valence-corrected chi connectivity index (χ1v) is 6.41. The van der Waals surface area contributed by atoms with E-state index >= 15 is 0 Å². The molecule has 0 amide bonds. The van der Waals surface area contributed by atoms with Crippen LogP contribution in [0.25, 0.3) is 21.6 Å². The second kappa shape index (κ2) is 4.52. The van der Waals surface area contributed by atoms with E-state index < -0.39 is 4.92 Å². The standard InChI is InChI=1S/C11H5ClN4O2S/c12-10-7-3-6(16(17)18)1-2-8(7)14-11(15-10)9-4-13-5-19-9/h1-5H. The maximum absolute atomic E-state index is 10.7. The van der Waals surface area contributed by atoms with E-state index in [1.807, 2.05) is 0 Å². The summed E-state index contributed by atoms with van der Waals surface area (Å²) >= 11 is 7.46. The lowest BCUT2D eigenvalue weighted by atomic mass is 10.2. The first-order chi connectivity index (χ1) is 9.15. The molecule has 6 nitrogen and oxygen atoms in total. The summed E-state index contributed by atoms with van der Waals surface area (Å²) in [6, 6.07) is 4.32. The molecule has 3 aromatic rings. The van der Waals surface area contributed by atoms with Gasteiger partial charge in [-0.25, -0.2) is 9.97 Å². The molecule has 0 fully saturated rings. The van der Waals surface area contributed by atoms with E-state index in [4.69, 9.17) is 11.6 Å². The third kappa shape index (κ3) is 2.13. The highest BCUT2D eigenvalue weighted by Crippen LogP contribution is 2.28. The lowest BCUT2D eigenvalue weighted by Crippen LogP contribution is -1.92. The highest BCUT2D eigenvalue weighted by molar-refractivity contribution is 7.13. The molecule has 0 saturated carbocycles. The van der Waals surface area contributed by atoms with Gasteiger partial charge < -0.3 is 0 Å². The monoisotopic (exact) mass is 292 g/mol. The Bertz CT molecular complexity index is 776. The van der Waals surface area contributed by atoms with Crippen LogP contribution in [0.2, 0.25) is 5.15 Å². The van der Waals surface area contributed by atoms with Crippen LogP contribution in [0.15, 0.2) is 29.9 Å². The van der Waals surface area contributed by atoms with Crippen molar-refractivity contribution in [2.45, 2.75) is 0 Å². The van der Waals surface area contributed by atoms with Crippen molar-refractivity contribution < 1.29 is 4.92 Å². The van der Waals surface area contributed by atoms with E-state index in [0.717, 1.165) is 4.88 Å². The van der Waals surface area contributed by atoms with Crippen LogP contribution in [0.1, 0.15) is 0 Å². The van der Waals surface area contributed by atoms with Crippen molar-refractivity contribution in [1.29, 1.82) is 0 Å². The Morgan fingerprint density at radius 1 is 1.32 bits per heavy atom. The predicted molar refractivity (Wildman–Crippen MR) is 72.3 cm³/mol. The van der Waals surface area contributed by atoms with E-state index in [1.54, 1.807) is 17.8 Å². The number of halogens is 1. The average molecular weight is 293 g/mol. The topological polar surface area (TPSA) is 81.8 Å². The number of benzene rings is 1. The van der Waals surface area contributed by atoms with Crippen LogP contribution >= 0.6 is 22.9 Å². The van der Waals surface area contributed by atoms with E-state index in [1.165, 1.54) is 23.5 Å². The zero-order chi connectivity index (χ0) is 13.4. The van der Waals surface area contributed by atoms with Crippen LogP contribution in [0.3, 0.4) is 0 Å². The Hall–Kier alpha value is -2.12. The number of nitro groups is 1. The Morgan fingerprint density at radius 3 is 2.84 bits per heavy atom. The van der Waals surface area contributed by atoms with Gasteiger partial charge in [0.15, 0.2) is 5.82 Å². The maximum Gasteiger partial charge on any atom is 0.270 e. The summed E-state index contributed by atoms with van der Waals surface area (Å²) in [5.74, 6) is 0.467. The van der Waals surface area contributed by atoms with Crippen molar-refractivity contribution >= 4 is 39.5 Å². The molecule has 19 heavy (non-hydrogen) atoms. The van der Waals surface area contributed by atoms with Gasteiger partial charge in [0.25, 0.3) is 5.69 Å². The number of hydrogen-bond donors (Lipinski definition) is 0. The lowest BCUT2D eigenvalue weighted by molar-refractivity contribution is -0.384. The number of nitrogens with zero attached hydrogens (tertiary/aromatic N) is 4. The van der Waals surface area contributed by atoms with Gasteiger partial charge in [-0.1, -0.05) is 11.6 Å². The molecule has 0 N–H and O–H groups in total. The summed E-state index contributed by atoms with van der Waals surface area (Å²) in [6.07, 6.45) is 1.65. The van der Waals surface area contributed by atoms with Crippen LogP contribution in [0, 0.1) is 10.1 Å². The fourth-order valence-electron chi connectivity index (χ4n) is 1.63. The van der Waals surface area contributed by atoms with Gasteiger partial charge in [-0.05, 0) is 6.07 Å². The molecule has 2 aromatic heterocycles. The molecule has 0 aliphatic heterocycles. The van der Waals surface area contributed by atoms with Crippen molar-refractivity contribution in [2.24, 2.45) is 0 Å². The zero-order valence-corrected chi connectivity index (χ0v) is 10.9. The number of nitro benzene ring substituents is 1. The Morgan fingerprint density at radius 2 is 2.16 bits per heavy atom. The molecule has 2 heterocycles. The predicted octanol–water partition coefficient (Wildman–Crippen LogP) is 3.31. The molecule has 0 spiro atoms. The first-order valence-electron chi connectivity index (χ1n) is 5.16. The van der Waals surface area contributed by atoms with Gasteiger partial charge in [0, 0.05) is 23.7 Å². The normalized spacial score (nSPS) is 10.8. The highest BCUT2D eigenvalue weighted by atomic mass is 35.5. The minimum absolute atomic E-state index is 0.0384. The molecular weight excluding hydrogens is 288 g/mol. The molecule has 0 unspecified atom stereocenters. The first kappa shape index (κ1) is 11.9. The van der Waals surface area contributed by atoms with Crippen molar-refractivity contribution in [2.75, 3.05) is 0 Å². The summed E-state index contributed by atoms with van der Waals surface area (Å²) in [6.45, 7) is 0. The number of thiazole rings is 1. The number of fused-ring (bicyclic) bond motifs is 1. The molecule has 0 bridgehead atoms. The molecule has 1 aromatic carbocycles. The molecule has 0 aliphatic carbocycles. The van der Waals surface area contributed by atoms with E-state index in [0.29, 0.717) is 16.7 Å². The quantitative estimate of drug-likeness (QED) is 0.411. The van der Waals surface area contributed by atoms with Crippen LogP contribution in [-0.4, -0.2) is 19.9 Å². The third-order valence-electron chi connectivity index (χ3n) is 2.50. The molecule has 0 saturated heterocycles. The van der Waals surface area contributed by atoms with Crippen molar-refractivity contribution in [3.05, 3.63) is 45.2 Å². The molecular formula is C11H5ClN4O2S. The van der Waals surface area contributed by atoms with Gasteiger partial charge in [-0.3, -0.25) is 15.1 Å². The van der Waals surface area contributed by atoms with E-state index in [-0.39, 0.29) is 10.8 Å². The van der Waals surface area contributed by atoms with Crippen molar-refractivity contribution in [3.8, 4) is 10.7 Å². The molecule has 8 heteroatoms. The Balaban J connectivity index is 2.22. The van der Waals surface area contributed by atoms with Crippen molar-refractivity contribution in [1.82, 2.24) is 15.0 Å². The van der Waals surface area contributed by atoms with Gasteiger partial charge in [0.2, 0.25) is 0 Å². The smallest absolute Gasteiger partial charge is 0.258 e. The molecule has 0 radical (unpaired) electrons. The average Bonchev–Trinajstić information content (AvgIpc) is 2.92. The zero-order valence-electron chi connectivity index (χ0n) is 9.28. The van der Waals surface area contributed by atoms with Crippen LogP contribution in [0.4, 0.5) is 5.69 Å². The number of aromatic nitrogens is 3. The van der Waals surface area contributed by atoms with Crippen LogP contribution < -0.4 is 0 Å². The molecule has 0 atom stereocenters. The van der Waals surface area contributed by atoms with Gasteiger partial charge in [0.1, 0.15) is 5.15 Å². The van der Waals surface area contributed by atoms with Gasteiger partial charge in [-0.15, -0.1) is 11.3 Å². The minimum atomic E-state index is -0.479. The summed E-state index contributed by atoms with van der Waals surface area (Å²) in [4.78, 5) is 23.5. The number of hydrogen-bond acceptors (Lipinski definition) is 6. The minimum Gasteiger partial charge on any atom is -0.258 e. The Labute approximate surface area is 115 Å². The van der Waals surface area contributed by atoms with Gasteiger partial charge >= 0.3 is 0 Å². The lowest BCUT2D eigenvalue weighted by Gasteiger charge is -2.02. The van der Waals surface area contributed by atoms with Crippen molar-refractivity contribution in [3.63, 3.8) is 0 Å². The third-order valence-corrected chi connectivity index (χ3v) is 3.55. The fraction of sp³-hybridized carbons (Fsp3) is 0. The van der Waals surface area contributed by atoms with E-state index in [9.17, 15) is 10.1 Å². The molecule has 94 valence electrons. The molecule has 3 rings (SSSR count). The highest BCUT2D eigenvalue weighted by Gasteiger charge is 2.13. The van der Waals surface area contributed by atoms with Gasteiger partial charge in [-0.2, -0.15) is 0 Å². The SMILES string of the molecule is O=[N+]([O-])c1ccc2nc(-c3cncs3)nc(Cl)c2c1. The second-order valence-corrected chi connectivity index (χ2v) is 4.91. The fourth-order valence-corrected chi connectivity index (χ4v) is 2.41. The summed E-state index contributed by atoms with van der Waals surface area (Å²) < 4.78 is 0. The Kier molecular flexibility index (Phi) is 2.84. The number of rotatable bonds is 2. The number of non-ortho nitro benzene ring substituents is 1. The molecule has 0 aliphatic rings. The summed E-state index contributed by atoms with van der Waals surface area (Å²) in [5, 5.41) is 11.4. The summed E-state index contributed by atoms with van der Waals surface area (Å²) in [7, 11) is 0. The van der Waals surface area contributed by atoms with Crippen LogP contribution in [-0.2, 0) is 0 Å².